The molecule has 1 aliphatic carbocycles. The van der Waals surface area contributed by atoms with E-state index in [0.717, 1.165) is 16.2 Å². The van der Waals surface area contributed by atoms with Crippen LogP contribution in [0.2, 0.25) is 0 Å². The van der Waals surface area contributed by atoms with Crippen molar-refractivity contribution in [1.82, 2.24) is 20.4 Å². The third-order valence-corrected chi connectivity index (χ3v) is 6.39. The van der Waals surface area contributed by atoms with Gasteiger partial charge in [-0.3, -0.25) is 29.0 Å². The lowest BCUT2D eigenvalue weighted by Crippen LogP contribution is -2.53. The number of nitrogens with one attached hydrogen (secondary N) is 2. The fourth-order valence-corrected chi connectivity index (χ4v) is 4.48. The minimum atomic E-state index is -0.857. The Labute approximate surface area is 181 Å². The van der Waals surface area contributed by atoms with Crippen LogP contribution in [0.1, 0.15) is 24.8 Å². The first-order valence-corrected chi connectivity index (χ1v) is 10.5. The molecule has 0 aromatic heterocycles. The number of rotatable bonds is 6. The van der Waals surface area contributed by atoms with Gasteiger partial charge < -0.3 is 10.6 Å². The SMILES string of the molecule is O=C(CN1C(=O)NC2(CCC2)C1=O)NCCN1C(=O)S/C(=C\c2ccccc2F)C1=O. The lowest BCUT2D eigenvalue weighted by atomic mass is 9.77. The molecule has 9 nitrogen and oxygen atoms in total. The zero-order chi connectivity index (χ0) is 22.2. The van der Waals surface area contributed by atoms with Crippen molar-refractivity contribution in [2.75, 3.05) is 19.6 Å². The molecule has 1 aromatic rings. The third kappa shape index (κ3) is 3.92. The molecular weight excluding hydrogens is 427 g/mol. The van der Waals surface area contributed by atoms with E-state index in [0.29, 0.717) is 24.6 Å². The highest BCUT2D eigenvalue weighted by atomic mass is 32.2. The number of hydrogen-bond acceptors (Lipinski definition) is 6. The van der Waals surface area contributed by atoms with Gasteiger partial charge in [0.05, 0.1) is 4.91 Å². The van der Waals surface area contributed by atoms with Crippen LogP contribution in [0.15, 0.2) is 29.2 Å². The molecule has 11 heteroatoms. The van der Waals surface area contributed by atoms with Gasteiger partial charge >= 0.3 is 6.03 Å². The minimum absolute atomic E-state index is 0.0430. The van der Waals surface area contributed by atoms with Crippen molar-refractivity contribution in [3.05, 3.63) is 40.6 Å². The lowest BCUT2D eigenvalue weighted by Gasteiger charge is -2.34. The number of benzene rings is 1. The summed E-state index contributed by atoms with van der Waals surface area (Å²) >= 11 is 0.693. The third-order valence-electron chi connectivity index (χ3n) is 5.48. The predicted octanol–water partition coefficient (Wildman–Crippen LogP) is 1.45. The summed E-state index contributed by atoms with van der Waals surface area (Å²) in [6.07, 6.45) is 3.28. The van der Waals surface area contributed by atoms with Gasteiger partial charge in [0, 0.05) is 18.7 Å². The van der Waals surface area contributed by atoms with Crippen molar-refractivity contribution < 1.29 is 28.4 Å². The van der Waals surface area contributed by atoms with E-state index < -0.39 is 46.9 Å². The molecule has 6 amide bonds. The van der Waals surface area contributed by atoms with Crippen molar-refractivity contribution in [2.45, 2.75) is 24.8 Å². The number of urea groups is 1. The first-order valence-electron chi connectivity index (χ1n) is 9.71. The number of nitrogens with zero attached hydrogens (tertiary/aromatic N) is 2. The number of carbonyl (C=O) groups excluding carboxylic acids is 5. The normalized spacial score (nSPS) is 21.1. The summed E-state index contributed by atoms with van der Waals surface area (Å²) in [5, 5.41) is 4.62. The smallest absolute Gasteiger partial charge is 0.325 e. The number of imide groups is 2. The fourth-order valence-electron chi connectivity index (χ4n) is 3.62. The van der Waals surface area contributed by atoms with Gasteiger partial charge in [0.2, 0.25) is 5.91 Å². The monoisotopic (exact) mass is 446 g/mol. The van der Waals surface area contributed by atoms with E-state index in [1.54, 1.807) is 6.07 Å². The van der Waals surface area contributed by atoms with Gasteiger partial charge in [-0.05, 0) is 43.2 Å². The van der Waals surface area contributed by atoms with Crippen LogP contribution in [0.3, 0.4) is 0 Å². The van der Waals surface area contributed by atoms with Gasteiger partial charge in [0.1, 0.15) is 17.9 Å². The molecule has 2 aliphatic heterocycles. The molecule has 3 aliphatic rings. The van der Waals surface area contributed by atoms with Gasteiger partial charge in [0.15, 0.2) is 0 Å². The van der Waals surface area contributed by atoms with Crippen LogP contribution < -0.4 is 10.6 Å². The molecule has 1 aromatic carbocycles. The van der Waals surface area contributed by atoms with Crippen LogP contribution in [0, 0.1) is 5.82 Å². The molecule has 4 rings (SSSR count). The molecule has 1 spiro atoms. The van der Waals surface area contributed by atoms with Crippen LogP contribution >= 0.6 is 11.8 Å². The van der Waals surface area contributed by atoms with Gasteiger partial charge in [0.25, 0.3) is 17.1 Å². The summed E-state index contributed by atoms with van der Waals surface area (Å²) < 4.78 is 13.8. The highest BCUT2D eigenvalue weighted by Gasteiger charge is 2.54. The first kappa shape index (κ1) is 21.0. The van der Waals surface area contributed by atoms with Crippen LogP contribution in [-0.2, 0) is 14.4 Å². The van der Waals surface area contributed by atoms with Crippen molar-refractivity contribution in [2.24, 2.45) is 0 Å². The Morgan fingerprint density at radius 2 is 1.94 bits per heavy atom. The predicted molar refractivity (Wildman–Crippen MR) is 109 cm³/mol. The summed E-state index contributed by atoms with van der Waals surface area (Å²) in [5.74, 6) is -2.06. The lowest BCUT2D eigenvalue weighted by molar-refractivity contribution is -0.137. The largest absolute Gasteiger partial charge is 0.353 e. The molecule has 31 heavy (non-hydrogen) atoms. The van der Waals surface area contributed by atoms with E-state index in [1.165, 1.54) is 24.3 Å². The van der Waals surface area contributed by atoms with Gasteiger partial charge in [-0.15, -0.1) is 0 Å². The molecule has 0 bridgehead atoms. The van der Waals surface area contributed by atoms with E-state index >= 15 is 0 Å². The zero-order valence-electron chi connectivity index (χ0n) is 16.4. The van der Waals surface area contributed by atoms with Crippen molar-refractivity contribution in [3.8, 4) is 0 Å². The second kappa shape index (κ2) is 8.14. The van der Waals surface area contributed by atoms with Gasteiger partial charge in [-0.25, -0.2) is 9.18 Å². The highest BCUT2D eigenvalue weighted by molar-refractivity contribution is 8.18. The molecule has 1 saturated carbocycles. The van der Waals surface area contributed by atoms with Crippen LogP contribution in [0.5, 0.6) is 0 Å². The number of amides is 6. The Hall–Kier alpha value is -3.21. The summed E-state index contributed by atoms with van der Waals surface area (Å²) in [5.41, 5.74) is -0.664. The molecule has 0 unspecified atom stereocenters. The topological polar surface area (TPSA) is 116 Å². The molecule has 0 atom stereocenters. The van der Waals surface area contributed by atoms with Crippen molar-refractivity contribution >= 4 is 46.8 Å². The molecular formula is C20H19FN4O5S. The van der Waals surface area contributed by atoms with E-state index in [4.69, 9.17) is 0 Å². The minimum Gasteiger partial charge on any atom is -0.353 e. The standard InChI is InChI=1S/C20H19FN4O5S/c21-13-5-2-1-4-12(13)10-14-16(27)24(19(30)31-14)9-8-22-15(26)11-25-17(28)20(6-3-7-20)23-18(25)29/h1-2,4-5,10H,3,6-9,11H2,(H,22,26)(H,23,29)/b14-10-. The Morgan fingerprint density at radius 3 is 2.58 bits per heavy atom. The molecule has 3 fully saturated rings. The number of carbonyl (C=O) groups is 5. The Kier molecular flexibility index (Phi) is 5.52. The average molecular weight is 446 g/mol. The summed E-state index contributed by atoms with van der Waals surface area (Å²) in [6.45, 7) is -0.560. The molecule has 2 N–H and O–H groups in total. The van der Waals surface area contributed by atoms with Crippen LogP contribution in [-0.4, -0.2) is 64.0 Å². The zero-order valence-corrected chi connectivity index (χ0v) is 17.2. The number of halogens is 1. The maximum Gasteiger partial charge on any atom is 0.325 e. The molecule has 2 saturated heterocycles. The molecule has 0 radical (unpaired) electrons. The second-order valence-corrected chi connectivity index (χ2v) is 8.46. The maximum atomic E-state index is 13.8. The Bertz CT molecular complexity index is 1020. The molecule has 162 valence electrons. The van der Waals surface area contributed by atoms with E-state index in [9.17, 15) is 28.4 Å². The van der Waals surface area contributed by atoms with Crippen LogP contribution in [0.25, 0.3) is 6.08 Å². The van der Waals surface area contributed by atoms with E-state index in [2.05, 4.69) is 10.6 Å². The van der Waals surface area contributed by atoms with E-state index in [-0.39, 0.29) is 23.6 Å². The van der Waals surface area contributed by atoms with Crippen molar-refractivity contribution in [3.63, 3.8) is 0 Å². The van der Waals surface area contributed by atoms with Crippen LogP contribution in [0.4, 0.5) is 14.0 Å². The van der Waals surface area contributed by atoms with Gasteiger partial charge in [-0.1, -0.05) is 18.2 Å². The summed E-state index contributed by atoms with van der Waals surface area (Å²) in [7, 11) is 0. The fraction of sp³-hybridized carbons (Fsp3) is 0.350. The molecule has 2 heterocycles. The Balaban J connectivity index is 1.29. The quantitative estimate of drug-likeness (QED) is 0.505. The number of hydrogen-bond donors (Lipinski definition) is 2. The Morgan fingerprint density at radius 1 is 1.19 bits per heavy atom. The second-order valence-electron chi connectivity index (χ2n) is 7.46. The van der Waals surface area contributed by atoms with Crippen molar-refractivity contribution in [1.29, 1.82) is 0 Å². The maximum absolute atomic E-state index is 13.8. The van der Waals surface area contributed by atoms with E-state index in [1.807, 2.05) is 0 Å². The number of thioether (sulfide) groups is 1. The highest BCUT2D eigenvalue weighted by Crippen LogP contribution is 2.37. The average Bonchev–Trinajstić information content (AvgIpc) is 3.11. The first-order chi connectivity index (χ1) is 14.8. The summed E-state index contributed by atoms with van der Waals surface area (Å²) in [6, 6.07) is 5.29. The summed E-state index contributed by atoms with van der Waals surface area (Å²) in [4.78, 5) is 63.0. The van der Waals surface area contributed by atoms with Gasteiger partial charge in [-0.2, -0.15) is 0 Å².